The van der Waals surface area contributed by atoms with Crippen molar-refractivity contribution < 1.29 is 28.3 Å². The van der Waals surface area contributed by atoms with Crippen molar-refractivity contribution >= 4 is 21.8 Å². The number of hydroxylamine groups is 1. The summed E-state index contributed by atoms with van der Waals surface area (Å²) in [6, 6.07) is 1.46. The van der Waals surface area contributed by atoms with E-state index in [1.807, 2.05) is 11.9 Å². The number of nitrogens with zero attached hydrogens (tertiary/aromatic N) is 3. The third-order valence-corrected chi connectivity index (χ3v) is 8.24. The zero-order valence-electron chi connectivity index (χ0n) is 18.1. The number of hydrogen-bond donors (Lipinski definition) is 3. The maximum Gasteiger partial charge on any atom is 0.328 e. The molecule has 172 valence electrons. The molecule has 3 N–H and O–H groups in total. The number of sulfone groups is 1. The summed E-state index contributed by atoms with van der Waals surface area (Å²) in [5.41, 5.74) is 2.72. The van der Waals surface area contributed by atoms with Gasteiger partial charge in [0.1, 0.15) is 0 Å². The molecule has 2 amide bonds. The molecule has 2 aliphatic heterocycles. The topological polar surface area (TPSA) is 132 Å². The lowest BCUT2D eigenvalue weighted by atomic mass is 9.90. The Balaban J connectivity index is 1.63. The summed E-state index contributed by atoms with van der Waals surface area (Å²) in [4.78, 5) is 28.1. The highest BCUT2D eigenvalue weighted by molar-refractivity contribution is 7.92. The molecule has 0 bridgehead atoms. The molecule has 3 rings (SSSR count). The van der Waals surface area contributed by atoms with E-state index in [1.54, 1.807) is 12.3 Å². The summed E-state index contributed by atoms with van der Waals surface area (Å²) in [6.07, 6.45) is 2.34. The highest BCUT2D eigenvalue weighted by atomic mass is 32.2. The van der Waals surface area contributed by atoms with Crippen molar-refractivity contribution in [3.05, 3.63) is 23.5 Å². The number of carbonyl (C=O) groups is 2. The van der Waals surface area contributed by atoms with Crippen LogP contribution in [0.1, 0.15) is 24.6 Å². The predicted octanol–water partition coefficient (Wildman–Crippen LogP) is -0.752. The van der Waals surface area contributed by atoms with E-state index in [9.17, 15) is 23.1 Å². The molecule has 0 saturated carbocycles. The molecule has 0 aliphatic carbocycles. The van der Waals surface area contributed by atoms with E-state index in [1.165, 1.54) is 21.9 Å². The van der Waals surface area contributed by atoms with Crippen molar-refractivity contribution in [2.24, 2.45) is 5.92 Å². The van der Waals surface area contributed by atoms with E-state index in [0.717, 1.165) is 12.8 Å². The van der Waals surface area contributed by atoms with Gasteiger partial charge in [-0.25, -0.2) is 18.7 Å². The van der Waals surface area contributed by atoms with Crippen LogP contribution in [-0.4, -0.2) is 88.8 Å². The quantitative estimate of drug-likeness (QED) is 0.288. The van der Waals surface area contributed by atoms with Crippen LogP contribution >= 0.6 is 0 Å². The van der Waals surface area contributed by atoms with Gasteiger partial charge in [0.15, 0.2) is 14.6 Å². The van der Waals surface area contributed by atoms with Crippen LogP contribution in [0.15, 0.2) is 12.3 Å². The Morgan fingerprint density at radius 3 is 2.66 bits per heavy atom. The van der Waals surface area contributed by atoms with Crippen molar-refractivity contribution in [1.29, 1.82) is 0 Å². The summed E-state index contributed by atoms with van der Waals surface area (Å²) >= 11 is 0. The van der Waals surface area contributed by atoms with Crippen LogP contribution in [-0.2, 0) is 21.2 Å². The molecule has 1 fully saturated rings. The van der Waals surface area contributed by atoms with Crippen LogP contribution in [0.3, 0.4) is 0 Å². The summed E-state index contributed by atoms with van der Waals surface area (Å²) in [6.45, 7) is 2.34. The van der Waals surface area contributed by atoms with E-state index in [4.69, 9.17) is 5.21 Å². The first kappa shape index (κ1) is 23.8. The van der Waals surface area contributed by atoms with Crippen LogP contribution in [0.5, 0.6) is 0 Å². The SMILES string of the molecule is CN1C[C@@H](C#CC#Cc2cc3n(c2)C(=O)N(CCC(C)(C(=O)NO)S(C)(=O)=O)C3)[C@@H]1CO. The summed E-state index contributed by atoms with van der Waals surface area (Å²) in [5, 5.41) is 18.2. The minimum absolute atomic E-state index is 0.0197. The standard InChI is InChI=1S/C21H26N4O6S/c1-21(19(27)22-29,32(3,30)31)8-9-24-13-17-10-15(11-25(17)20(24)28)6-4-5-7-16-12-23(2)18(16)14-26/h10-11,16,18,26,29H,8-9,12-14H2,1-3H3,(H,22,27)/t16-,18+,21?/m1/s1. The Hall–Kier alpha value is -2.83. The van der Waals surface area contributed by atoms with Gasteiger partial charge in [-0.1, -0.05) is 11.8 Å². The number of nitrogens with one attached hydrogen (secondary N) is 1. The van der Waals surface area contributed by atoms with Gasteiger partial charge >= 0.3 is 6.03 Å². The second kappa shape index (κ2) is 8.96. The minimum Gasteiger partial charge on any atom is -0.395 e. The maximum atomic E-state index is 12.7. The van der Waals surface area contributed by atoms with Crippen molar-refractivity contribution in [2.45, 2.75) is 30.7 Å². The molecule has 32 heavy (non-hydrogen) atoms. The van der Waals surface area contributed by atoms with Crippen LogP contribution in [0.2, 0.25) is 0 Å². The zero-order chi connectivity index (χ0) is 23.7. The van der Waals surface area contributed by atoms with Crippen LogP contribution in [0.4, 0.5) is 4.79 Å². The number of rotatable bonds is 6. The molecule has 0 spiro atoms. The Bertz CT molecular complexity index is 1150. The number of likely N-dealkylation sites (N-methyl/N-ethyl adjacent to an activating group) is 1. The number of aliphatic hydroxyl groups is 1. The fourth-order valence-electron chi connectivity index (χ4n) is 3.78. The van der Waals surface area contributed by atoms with Gasteiger partial charge < -0.3 is 10.0 Å². The number of aromatic nitrogens is 1. The van der Waals surface area contributed by atoms with E-state index in [0.29, 0.717) is 11.3 Å². The first-order valence-corrected chi connectivity index (χ1v) is 11.9. The summed E-state index contributed by atoms with van der Waals surface area (Å²) < 4.78 is 23.7. The molecule has 3 heterocycles. The third kappa shape index (κ3) is 4.38. The fourth-order valence-corrected chi connectivity index (χ4v) is 4.62. The van der Waals surface area contributed by atoms with E-state index < -0.39 is 20.5 Å². The van der Waals surface area contributed by atoms with Gasteiger partial charge in [-0.15, -0.1) is 0 Å². The first-order valence-electron chi connectivity index (χ1n) is 9.99. The third-order valence-electron chi connectivity index (χ3n) is 6.22. The smallest absolute Gasteiger partial charge is 0.328 e. The van der Waals surface area contributed by atoms with E-state index >= 15 is 0 Å². The van der Waals surface area contributed by atoms with Gasteiger partial charge in [0.2, 0.25) is 0 Å². The molecule has 3 atom stereocenters. The monoisotopic (exact) mass is 462 g/mol. The molecule has 1 aromatic rings. The average molecular weight is 463 g/mol. The fraction of sp³-hybridized carbons (Fsp3) is 0.524. The zero-order valence-corrected chi connectivity index (χ0v) is 18.9. The Labute approximate surface area is 187 Å². The Morgan fingerprint density at radius 2 is 2.09 bits per heavy atom. The molecule has 1 unspecified atom stereocenters. The molecule has 1 saturated heterocycles. The van der Waals surface area contributed by atoms with Crippen molar-refractivity contribution in [3.8, 4) is 23.7 Å². The van der Waals surface area contributed by atoms with Crippen molar-refractivity contribution in [2.75, 3.05) is 33.0 Å². The largest absolute Gasteiger partial charge is 0.395 e. The Morgan fingerprint density at radius 1 is 1.38 bits per heavy atom. The highest BCUT2D eigenvalue weighted by Crippen LogP contribution is 2.25. The van der Waals surface area contributed by atoms with Crippen LogP contribution < -0.4 is 5.48 Å². The van der Waals surface area contributed by atoms with Crippen LogP contribution in [0.25, 0.3) is 0 Å². The van der Waals surface area contributed by atoms with Crippen molar-refractivity contribution in [3.63, 3.8) is 0 Å². The van der Waals surface area contributed by atoms with Gasteiger partial charge in [0, 0.05) is 42.8 Å². The van der Waals surface area contributed by atoms with Crippen molar-refractivity contribution in [1.82, 2.24) is 19.8 Å². The van der Waals surface area contributed by atoms with E-state index in [2.05, 4.69) is 23.7 Å². The average Bonchev–Trinajstić information content (AvgIpc) is 3.25. The Kier molecular flexibility index (Phi) is 6.67. The normalized spacial score (nSPS) is 22.0. The highest BCUT2D eigenvalue weighted by Gasteiger charge is 2.44. The molecular weight excluding hydrogens is 436 g/mol. The van der Waals surface area contributed by atoms with Gasteiger partial charge in [0.25, 0.3) is 5.91 Å². The maximum absolute atomic E-state index is 12.7. The van der Waals surface area contributed by atoms with Gasteiger partial charge in [0.05, 0.1) is 19.1 Å². The molecule has 11 heteroatoms. The van der Waals surface area contributed by atoms with E-state index in [-0.39, 0.29) is 44.1 Å². The lowest BCUT2D eigenvalue weighted by molar-refractivity contribution is -0.131. The molecular formula is C21H26N4O6S. The number of likely N-dealkylation sites (tertiary alicyclic amines) is 1. The van der Waals surface area contributed by atoms with Crippen LogP contribution in [0, 0.1) is 29.6 Å². The summed E-state index contributed by atoms with van der Waals surface area (Å²) in [5.74, 6) is 10.6. The molecule has 2 aliphatic rings. The predicted molar refractivity (Wildman–Crippen MR) is 115 cm³/mol. The molecule has 0 radical (unpaired) electrons. The minimum atomic E-state index is -3.84. The number of hydrogen-bond acceptors (Lipinski definition) is 7. The lowest BCUT2D eigenvalue weighted by Crippen LogP contribution is -2.55. The number of amides is 2. The van der Waals surface area contributed by atoms with Gasteiger partial charge in [-0.05, 0) is 38.3 Å². The van der Waals surface area contributed by atoms with Gasteiger partial charge in [-0.2, -0.15) is 0 Å². The summed E-state index contributed by atoms with van der Waals surface area (Å²) in [7, 11) is -1.91. The first-order chi connectivity index (χ1) is 15.0. The number of aliphatic hydroxyl groups excluding tert-OH is 1. The number of carbonyl (C=O) groups excluding carboxylic acids is 2. The molecule has 10 nitrogen and oxygen atoms in total. The number of fused-ring (bicyclic) bond motifs is 1. The molecule has 1 aromatic heterocycles. The second-order valence-electron chi connectivity index (χ2n) is 8.30. The second-order valence-corrected chi connectivity index (χ2v) is 10.7. The molecule has 0 aromatic carbocycles. The lowest BCUT2D eigenvalue weighted by Gasteiger charge is -2.42. The van der Waals surface area contributed by atoms with Gasteiger partial charge in [-0.3, -0.25) is 19.5 Å².